The molecule has 1 amide bonds. The summed E-state index contributed by atoms with van der Waals surface area (Å²) < 4.78 is 15.2. The van der Waals surface area contributed by atoms with Crippen molar-refractivity contribution in [3.05, 3.63) is 53.6 Å². The van der Waals surface area contributed by atoms with E-state index in [9.17, 15) is 9.18 Å². The van der Waals surface area contributed by atoms with Crippen LogP contribution in [0.25, 0.3) is 11.0 Å². The lowest BCUT2D eigenvalue weighted by molar-refractivity contribution is 0.0989. The fraction of sp³-hybridized carbons (Fsp3) is 0.381. The largest absolute Gasteiger partial charge is 0.309 e. The molecule has 5 nitrogen and oxygen atoms in total. The van der Waals surface area contributed by atoms with E-state index in [2.05, 4.69) is 18.9 Å². The minimum atomic E-state index is -0.317. The van der Waals surface area contributed by atoms with Gasteiger partial charge in [0.1, 0.15) is 5.82 Å². The predicted molar refractivity (Wildman–Crippen MR) is 104 cm³/mol. The van der Waals surface area contributed by atoms with Crippen molar-refractivity contribution in [1.29, 1.82) is 0 Å². The van der Waals surface area contributed by atoms with Crippen LogP contribution in [0.4, 0.5) is 10.1 Å². The van der Waals surface area contributed by atoms with Crippen LogP contribution in [0.3, 0.4) is 0 Å². The zero-order valence-corrected chi connectivity index (χ0v) is 15.8. The molecule has 0 atom stereocenters. The van der Waals surface area contributed by atoms with E-state index in [4.69, 9.17) is 4.98 Å². The Labute approximate surface area is 157 Å². The van der Waals surface area contributed by atoms with Gasteiger partial charge in [-0.1, -0.05) is 0 Å². The van der Waals surface area contributed by atoms with Crippen LogP contribution in [-0.4, -0.2) is 27.2 Å². The van der Waals surface area contributed by atoms with Crippen LogP contribution < -0.4 is 4.90 Å². The van der Waals surface area contributed by atoms with Crippen LogP contribution >= 0.6 is 0 Å². The van der Waals surface area contributed by atoms with E-state index in [0.717, 1.165) is 29.6 Å². The Balaban J connectivity index is 1.83. The highest BCUT2D eigenvalue weighted by Crippen LogP contribution is 2.40. The summed E-state index contributed by atoms with van der Waals surface area (Å²) in [5.41, 5.74) is 3.01. The molecule has 0 N–H and O–H groups in total. The first-order chi connectivity index (χ1) is 13.0. The summed E-state index contributed by atoms with van der Waals surface area (Å²) in [4.78, 5) is 19.9. The first-order valence-corrected chi connectivity index (χ1v) is 9.45. The normalized spacial score (nSPS) is 14.1. The third kappa shape index (κ3) is 3.20. The second-order valence-electron chi connectivity index (χ2n) is 7.31. The average Bonchev–Trinajstić information content (AvgIpc) is 3.41. The van der Waals surface area contributed by atoms with Crippen molar-refractivity contribution in [2.45, 2.75) is 45.6 Å². The van der Waals surface area contributed by atoms with Crippen LogP contribution in [0.15, 0.2) is 36.5 Å². The number of carbonyl (C=O) groups is 1. The summed E-state index contributed by atoms with van der Waals surface area (Å²) in [6.07, 6.45) is 3.94. The van der Waals surface area contributed by atoms with E-state index < -0.39 is 0 Å². The van der Waals surface area contributed by atoms with E-state index in [1.54, 1.807) is 23.2 Å². The van der Waals surface area contributed by atoms with Crippen molar-refractivity contribution >= 4 is 22.6 Å². The number of carbonyl (C=O) groups excluding carboxylic acids is 1. The Kier molecular flexibility index (Phi) is 4.42. The van der Waals surface area contributed by atoms with Crippen LogP contribution in [0.2, 0.25) is 0 Å². The molecule has 3 aromatic rings. The van der Waals surface area contributed by atoms with Gasteiger partial charge in [-0.3, -0.25) is 4.79 Å². The van der Waals surface area contributed by atoms with Crippen molar-refractivity contribution < 1.29 is 9.18 Å². The molecule has 0 bridgehead atoms. The molecule has 0 spiro atoms. The van der Waals surface area contributed by atoms with Crippen molar-refractivity contribution in [2.24, 2.45) is 0 Å². The SMILES string of the molecule is CCN(C(=O)c1cc(C2CC2)nc2c1cnn2C(C)C)c1ccc(F)cc1. The van der Waals surface area contributed by atoms with Gasteiger partial charge in [0.15, 0.2) is 5.65 Å². The number of benzene rings is 1. The highest BCUT2D eigenvalue weighted by Gasteiger charge is 2.29. The molecule has 27 heavy (non-hydrogen) atoms. The number of amides is 1. The second kappa shape index (κ2) is 6.76. The standard InChI is InChI=1S/C21H23FN4O/c1-4-25(16-9-7-15(22)8-10-16)21(27)17-11-19(14-5-6-14)24-20-18(17)12-23-26(20)13(2)3/h7-14H,4-6H2,1-3H3. The number of aromatic nitrogens is 3. The summed E-state index contributed by atoms with van der Waals surface area (Å²) in [7, 11) is 0. The van der Waals surface area contributed by atoms with E-state index in [-0.39, 0.29) is 17.8 Å². The van der Waals surface area contributed by atoms with Gasteiger partial charge in [0.2, 0.25) is 0 Å². The quantitative estimate of drug-likeness (QED) is 0.658. The van der Waals surface area contributed by atoms with Gasteiger partial charge in [-0.2, -0.15) is 5.10 Å². The van der Waals surface area contributed by atoms with Crippen molar-refractivity contribution in [1.82, 2.24) is 14.8 Å². The molecule has 2 aromatic heterocycles. The highest BCUT2D eigenvalue weighted by atomic mass is 19.1. The first kappa shape index (κ1) is 17.6. The summed E-state index contributed by atoms with van der Waals surface area (Å²) in [5.74, 6) is 0.00172. The number of pyridine rings is 1. The van der Waals surface area contributed by atoms with Gasteiger partial charge < -0.3 is 4.90 Å². The molecule has 2 heterocycles. The fourth-order valence-electron chi connectivity index (χ4n) is 3.39. The summed E-state index contributed by atoms with van der Waals surface area (Å²) in [6, 6.07) is 8.09. The maximum absolute atomic E-state index is 13.4. The number of halogens is 1. The Bertz CT molecular complexity index is 989. The molecule has 1 aliphatic rings. The number of hydrogen-bond donors (Lipinski definition) is 0. The molecule has 1 aliphatic carbocycles. The molecule has 1 saturated carbocycles. The molecule has 0 saturated heterocycles. The molecule has 1 aromatic carbocycles. The molecule has 1 fully saturated rings. The van der Waals surface area contributed by atoms with Crippen LogP contribution in [-0.2, 0) is 0 Å². The fourth-order valence-corrected chi connectivity index (χ4v) is 3.39. The number of fused-ring (bicyclic) bond motifs is 1. The van der Waals surface area contributed by atoms with Crippen LogP contribution in [0.1, 0.15) is 61.6 Å². The Morgan fingerprint density at radius 2 is 2.00 bits per heavy atom. The van der Waals surface area contributed by atoms with E-state index in [1.807, 2.05) is 17.7 Å². The van der Waals surface area contributed by atoms with Gasteiger partial charge in [0, 0.05) is 29.9 Å². The Morgan fingerprint density at radius 3 is 2.59 bits per heavy atom. The first-order valence-electron chi connectivity index (χ1n) is 9.45. The minimum Gasteiger partial charge on any atom is -0.309 e. The molecule has 0 aliphatic heterocycles. The highest BCUT2D eigenvalue weighted by molar-refractivity contribution is 6.13. The van der Waals surface area contributed by atoms with Gasteiger partial charge in [-0.25, -0.2) is 14.1 Å². The van der Waals surface area contributed by atoms with Gasteiger partial charge >= 0.3 is 0 Å². The third-order valence-corrected chi connectivity index (χ3v) is 5.00. The van der Waals surface area contributed by atoms with Gasteiger partial charge in [-0.05, 0) is 63.9 Å². The number of rotatable bonds is 5. The summed E-state index contributed by atoms with van der Waals surface area (Å²) in [5, 5.41) is 5.22. The zero-order valence-electron chi connectivity index (χ0n) is 15.8. The maximum Gasteiger partial charge on any atom is 0.259 e. The van der Waals surface area contributed by atoms with Crippen LogP contribution in [0, 0.1) is 5.82 Å². The third-order valence-electron chi connectivity index (χ3n) is 5.00. The lowest BCUT2D eigenvalue weighted by atomic mass is 10.1. The average molecular weight is 366 g/mol. The van der Waals surface area contributed by atoms with Gasteiger partial charge in [0.05, 0.1) is 17.1 Å². The smallest absolute Gasteiger partial charge is 0.259 e. The molecular weight excluding hydrogens is 343 g/mol. The predicted octanol–water partition coefficient (Wildman–Crippen LogP) is 4.70. The minimum absolute atomic E-state index is 0.110. The number of anilines is 1. The van der Waals surface area contributed by atoms with E-state index >= 15 is 0 Å². The van der Waals surface area contributed by atoms with Gasteiger partial charge in [-0.15, -0.1) is 0 Å². The lowest BCUT2D eigenvalue weighted by Crippen LogP contribution is -2.31. The molecule has 0 unspecified atom stereocenters. The second-order valence-corrected chi connectivity index (χ2v) is 7.31. The number of nitrogens with zero attached hydrogens (tertiary/aromatic N) is 4. The van der Waals surface area contributed by atoms with Crippen molar-refractivity contribution in [3.8, 4) is 0 Å². The van der Waals surface area contributed by atoms with Crippen molar-refractivity contribution in [3.63, 3.8) is 0 Å². The molecular formula is C21H23FN4O. The van der Waals surface area contributed by atoms with E-state index in [0.29, 0.717) is 23.7 Å². The molecule has 6 heteroatoms. The molecule has 140 valence electrons. The zero-order chi connectivity index (χ0) is 19.1. The lowest BCUT2D eigenvalue weighted by Gasteiger charge is -2.22. The van der Waals surface area contributed by atoms with E-state index in [1.165, 1.54) is 12.1 Å². The van der Waals surface area contributed by atoms with Gasteiger partial charge in [0.25, 0.3) is 5.91 Å². The monoisotopic (exact) mass is 366 g/mol. The summed E-state index contributed by atoms with van der Waals surface area (Å²) >= 11 is 0. The molecule has 4 rings (SSSR count). The summed E-state index contributed by atoms with van der Waals surface area (Å²) in [6.45, 7) is 6.51. The molecule has 0 radical (unpaired) electrons. The van der Waals surface area contributed by atoms with Crippen LogP contribution in [0.5, 0.6) is 0 Å². The Morgan fingerprint density at radius 1 is 1.30 bits per heavy atom. The Hall–Kier alpha value is -2.76. The maximum atomic E-state index is 13.4. The number of hydrogen-bond acceptors (Lipinski definition) is 3. The topological polar surface area (TPSA) is 51.0 Å². The van der Waals surface area contributed by atoms with Crippen molar-refractivity contribution in [2.75, 3.05) is 11.4 Å².